The zero-order valence-corrected chi connectivity index (χ0v) is 12.6. The van der Waals surface area contributed by atoms with E-state index in [1.165, 1.54) is 17.5 Å². The number of rotatable bonds is 4. The van der Waals surface area contributed by atoms with Gasteiger partial charge in [-0.05, 0) is 37.3 Å². The van der Waals surface area contributed by atoms with Gasteiger partial charge in [0.05, 0.1) is 6.10 Å². The van der Waals surface area contributed by atoms with E-state index in [1.807, 2.05) is 20.0 Å². The zero-order valence-electron chi connectivity index (χ0n) is 12.6. The van der Waals surface area contributed by atoms with E-state index >= 15 is 0 Å². The van der Waals surface area contributed by atoms with Crippen molar-refractivity contribution in [2.24, 2.45) is 0 Å². The maximum Gasteiger partial charge on any atom is 0.156 e. The van der Waals surface area contributed by atoms with Crippen LogP contribution in [0.15, 0.2) is 30.3 Å². The van der Waals surface area contributed by atoms with E-state index in [4.69, 9.17) is 4.74 Å². The Bertz CT molecular complexity index is 627. The second-order valence-corrected chi connectivity index (χ2v) is 5.45. The van der Waals surface area contributed by atoms with Crippen molar-refractivity contribution >= 4 is 5.82 Å². The molecular weight excluding hydrogens is 262 g/mol. The van der Waals surface area contributed by atoms with Crippen LogP contribution in [0.4, 0.5) is 5.82 Å². The van der Waals surface area contributed by atoms with Crippen LogP contribution < -0.4 is 5.32 Å². The molecule has 0 saturated carbocycles. The van der Waals surface area contributed by atoms with Crippen molar-refractivity contribution in [1.29, 1.82) is 0 Å². The number of fused-ring (bicyclic) bond motifs is 1. The summed E-state index contributed by atoms with van der Waals surface area (Å²) in [5.74, 6) is 1.58. The molecule has 1 aliphatic rings. The van der Waals surface area contributed by atoms with E-state index in [1.54, 1.807) is 0 Å². The van der Waals surface area contributed by atoms with Crippen molar-refractivity contribution in [3.8, 4) is 0 Å². The molecule has 1 aliphatic carbocycles. The number of ether oxygens (including phenoxy) is 1. The predicted molar refractivity (Wildman–Crippen MR) is 83.2 cm³/mol. The van der Waals surface area contributed by atoms with Gasteiger partial charge in [-0.25, -0.2) is 9.97 Å². The number of anilines is 1. The number of nitrogens with zero attached hydrogens (tertiary/aromatic N) is 2. The van der Waals surface area contributed by atoms with Gasteiger partial charge < -0.3 is 10.1 Å². The summed E-state index contributed by atoms with van der Waals surface area (Å²) < 4.78 is 6.10. The first-order valence-corrected chi connectivity index (χ1v) is 7.48. The first-order chi connectivity index (χ1) is 10.3. The molecule has 2 aromatic rings. The van der Waals surface area contributed by atoms with E-state index in [9.17, 15) is 0 Å². The summed E-state index contributed by atoms with van der Waals surface area (Å²) in [6.07, 6.45) is 3.57. The highest BCUT2D eigenvalue weighted by atomic mass is 16.5. The topological polar surface area (TPSA) is 47.0 Å². The van der Waals surface area contributed by atoms with Gasteiger partial charge in [0.2, 0.25) is 0 Å². The van der Waals surface area contributed by atoms with Crippen LogP contribution in [0, 0.1) is 6.92 Å². The lowest BCUT2D eigenvalue weighted by Crippen LogP contribution is -2.14. The number of aromatic nitrogens is 2. The summed E-state index contributed by atoms with van der Waals surface area (Å²) in [5.41, 5.74) is 3.69. The largest absolute Gasteiger partial charge is 0.373 e. The van der Waals surface area contributed by atoms with Gasteiger partial charge in [-0.3, -0.25) is 0 Å². The average molecular weight is 283 g/mol. The van der Waals surface area contributed by atoms with Crippen LogP contribution in [0.25, 0.3) is 0 Å². The van der Waals surface area contributed by atoms with Crippen LogP contribution in [0.3, 0.4) is 0 Å². The number of aryl methyl sites for hydroxylation is 2. The minimum Gasteiger partial charge on any atom is -0.373 e. The van der Waals surface area contributed by atoms with E-state index < -0.39 is 0 Å². The molecule has 0 fully saturated rings. The van der Waals surface area contributed by atoms with Crippen molar-refractivity contribution in [2.45, 2.75) is 38.9 Å². The fourth-order valence-electron chi connectivity index (χ4n) is 2.88. The highest BCUT2D eigenvalue weighted by Gasteiger charge is 2.20. The molecular formula is C17H21N3O. The quantitative estimate of drug-likeness (QED) is 0.934. The molecule has 1 N–H and O–H groups in total. The number of hydrogen-bond donors (Lipinski definition) is 1. The fraction of sp³-hybridized carbons (Fsp3) is 0.412. The highest BCUT2D eigenvalue weighted by Crippen LogP contribution is 2.32. The van der Waals surface area contributed by atoms with E-state index in [-0.39, 0.29) is 6.10 Å². The van der Waals surface area contributed by atoms with Crippen LogP contribution in [0.5, 0.6) is 0 Å². The molecule has 0 saturated heterocycles. The van der Waals surface area contributed by atoms with Crippen molar-refractivity contribution in [3.05, 3.63) is 53.0 Å². The third-order valence-electron chi connectivity index (χ3n) is 3.88. The second-order valence-electron chi connectivity index (χ2n) is 5.45. The lowest BCUT2D eigenvalue weighted by atomic mass is 9.89. The van der Waals surface area contributed by atoms with Crippen molar-refractivity contribution in [2.75, 3.05) is 12.4 Å². The summed E-state index contributed by atoms with van der Waals surface area (Å²) in [5, 5.41) is 3.06. The number of nitrogens with one attached hydrogen (secondary N) is 1. The van der Waals surface area contributed by atoms with E-state index in [2.05, 4.69) is 39.6 Å². The first kappa shape index (κ1) is 14.0. The Morgan fingerprint density at radius 3 is 3.00 bits per heavy atom. The van der Waals surface area contributed by atoms with Crippen LogP contribution in [0.1, 0.15) is 41.6 Å². The van der Waals surface area contributed by atoms with Gasteiger partial charge in [-0.15, -0.1) is 0 Å². The van der Waals surface area contributed by atoms with Gasteiger partial charge in [0.15, 0.2) is 5.82 Å². The summed E-state index contributed by atoms with van der Waals surface area (Å²) >= 11 is 0. The Labute approximate surface area is 125 Å². The Balaban J connectivity index is 1.73. The average Bonchev–Trinajstić information content (AvgIpc) is 2.52. The van der Waals surface area contributed by atoms with Gasteiger partial charge in [0, 0.05) is 18.8 Å². The normalized spacial score (nSPS) is 17.3. The molecule has 21 heavy (non-hydrogen) atoms. The minimum absolute atomic E-state index is 0.164. The van der Waals surface area contributed by atoms with Gasteiger partial charge in [0.1, 0.15) is 12.4 Å². The Hall–Kier alpha value is -1.94. The van der Waals surface area contributed by atoms with Gasteiger partial charge >= 0.3 is 0 Å². The second kappa shape index (κ2) is 6.22. The third kappa shape index (κ3) is 3.22. The fourth-order valence-corrected chi connectivity index (χ4v) is 2.88. The lowest BCUT2D eigenvalue weighted by molar-refractivity contribution is 0.0245. The van der Waals surface area contributed by atoms with Gasteiger partial charge in [-0.1, -0.05) is 24.3 Å². The Morgan fingerprint density at radius 1 is 1.29 bits per heavy atom. The molecule has 1 heterocycles. The Morgan fingerprint density at radius 2 is 2.14 bits per heavy atom. The summed E-state index contributed by atoms with van der Waals surface area (Å²) in [6.45, 7) is 2.43. The van der Waals surface area contributed by atoms with Crippen molar-refractivity contribution in [3.63, 3.8) is 0 Å². The molecule has 3 rings (SSSR count). The maximum atomic E-state index is 6.10. The molecule has 4 heteroatoms. The molecule has 1 aromatic carbocycles. The SMILES string of the molecule is CNc1cc(C)nc(COC2CCCc3ccccc32)n1. The molecule has 0 aliphatic heterocycles. The number of hydrogen-bond acceptors (Lipinski definition) is 4. The molecule has 0 radical (unpaired) electrons. The monoisotopic (exact) mass is 283 g/mol. The molecule has 1 unspecified atom stereocenters. The first-order valence-electron chi connectivity index (χ1n) is 7.48. The molecule has 0 amide bonds. The van der Waals surface area contributed by atoms with Crippen molar-refractivity contribution in [1.82, 2.24) is 9.97 Å². The smallest absolute Gasteiger partial charge is 0.156 e. The van der Waals surface area contributed by atoms with Crippen LogP contribution in [-0.2, 0) is 17.8 Å². The molecule has 4 nitrogen and oxygen atoms in total. The van der Waals surface area contributed by atoms with Crippen molar-refractivity contribution < 1.29 is 4.74 Å². The summed E-state index contributed by atoms with van der Waals surface area (Å²) in [6, 6.07) is 10.5. The molecule has 0 spiro atoms. The van der Waals surface area contributed by atoms with Crippen LogP contribution >= 0.6 is 0 Å². The predicted octanol–water partition coefficient (Wildman–Crippen LogP) is 3.42. The molecule has 1 atom stereocenters. The Kier molecular flexibility index (Phi) is 4.15. The number of benzene rings is 1. The molecule has 0 bridgehead atoms. The third-order valence-corrected chi connectivity index (χ3v) is 3.88. The van der Waals surface area contributed by atoms with E-state index in [0.717, 1.165) is 30.2 Å². The summed E-state index contributed by atoms with van der Waals surface area (Å²) in [4.78, 5) is 8.89. The zero-order chi connectivity index (χ0) is 14.7. The molecule has 110 valence electrons. The lowest BCUT2D eigenvalue weighted by Gasteiger charge is -2.25. The highest BCUT2D eigenvalue weighted by molar-refractivity contribution is 5.34. The summed E-state index contributed by atoms with van der Waals surface area (Å²) in [7, 11) is 1.86. The standard InChI is InChI=1S/C17H21N3O/c1-12-10-16(18-2)20-17(19-12)11-21-15-9-5-7-13-6-3-4-8-14(13)15/h3-4,6,8,10,15H,5,7,9,11H2,1-2H3,(H,18,19,20). The van der Waals surface area contributed by atoms with Crippen LogP contribution in [-0.4, -0.2) is 17.0 Å². The van der Waals surface area contributed by atoms with E-state index in [0.29, 0.717) is 6.61 Å². The van der Waals surface area contributed by atoms with Crippen LogP contribution in [0.2, 0.25) is 0 Å². The van der Waals surface area contributed by atoms with Gasteiger partial charge in [-0.2, -0.15) is 0 Å². The maximum absolute atomic E-state index is 6.10. The molecule has 1 aromatic heterocycles. The minimum atomic E-state index is 0.164. The van der Waals surface area contributed by atoms with Gasteiger partial charge in [0.25, 0.3) is 0 Å².